The highest BCUT2D eigenvalue weighted by Crippen LogP contribution is 2.29. The van der Waals surface area contributed by atoms with Crippen LogP contribution in [-0.2, 0) is 0 Å². The zero-order valence-corrected chi connectivity index (χ0v) is 12.3. The zero-order chi connectivity index (χ0) is 15.5. The number of fused-ring (bicyclic) bond motifs is 1. The van der Waals surface area contributed by atoms with Crippen molar-refractivity contribution >= 4 is 16.6 Å². The fraction of sp³-hybridized carbons (Fsp3) is 0.176. The molecular formula is C17H17FN4. The minimum absolute atomic E-state index is 0.0253. The SMILES string of the molecule is CC(N)CNc1nnc(-c2ccc(F)cc2)c2ccccc12. The van der Waals surface area contributed by atoms with Gasteiger partial charge in [-0.2, -0.15) is 0 Å². The quantitative estimate of drug-likeness (QED) is 0.776. The predicted octanol–water partition coefficient (Wildman–Crippen LogP) is 3.20. The molecule has 112 valence electrons. The first kappa shape index (κ1) is 14.4. The fourth-order valence-corrected chi connectivity index (χ4v) is 2.31. The van der Waals surface area contributed by atoms with Crippen LogP contribution in [0.5, 0.6) is 0 Å². The van der Waals surface area contributed by atoms with Gasteiger partial charge in [-0.3, -0.25) is 0 Å². The number of nitrogens with zero attached hydrogens (tertiary/aromatic N) is 2. The van der Waals surface area contributed by atoms with Crippen molar-refractivity contribution in [1.29, 1.82) is 0 Å². The first-order chi connectivity index (χ1) is 10.6. The van der Waals surface area contributed by atoms with Gasteiger partial charge in [0, 0.05) is 28.9 Å². The van der Waals surface area contributed by atoms with Crippen molar-refractivity contribution in [1.82, 2.24) is 10.2 Å². The van der Waals surface area contributed by atoms with Crippen molar-refractivity contribution in [2.24, 2.45) is 5.73 Å². The van der Waals surface area contributed by atoms with E-state index in [1.807, 2.05) is 31.2 Å². The summed E-state index contributed by atoms with van der Waals surface area (Å²) in [5, 5.41) is 13.7. The van der Waals surface area contributed by atoms with Crippen molar-refractivity contribution in [3.8, 4) is 11.3 Å². The maximum Gasteiger partial charge on any atom is 0.156 e. The van der Waals surface area contributed by atoms with E-state index in [1.54, 1.807) is 12.1 Å². The maximum absolute atomic E-state index is 13.1. The molecule has 0 saturated heterocycles. The van der Waals surface area contributed by atoms with Crippen molar-refractivity contribution in [2.45, 2.75) is 13.0 Å². The second-order valence-electron chi connectivity index (χ2n) is 5.31. The van der Waals surface area contributed by atoms with Gasteiger partial charge in [0.2, 0.25) is 0 Å². The van der Waals surface area contributed by atoms with Crippen LogP contribution >= 0.6 is 0 Å². The summed E-state index contributed by atoms with van der Waals surface area (Å²) in [5.74, 6) is 0.440. The molecule has 0 spiro atoms. The Hall–Kier alpha value is -2.53. The van der Waals surface area contributed by atoms with Gasteiger partial charge in [-0.15, -0.1) is 10.2 Å². The maximum atomic E-state index is 13.1. The van der Waals surface area contributed by atoms with Crippen LogP contribution in [0.4, 0.5) is 10.2 Å². The first-order valence-electron chi connectivity index (χ1n) is 7.16. The average molecular weight is 296 g/mol. The molecule has 3 N–H and O–H groups in total. The van der Waals surface area contributed by atoms with E-state index in [2.05, 4.69) is 15.5 Å². The summed E-state index contributed by atoms with van der Waals surface area (Å²) in [6.07, 6.45) is 0. The van der Waals surface area contributed by atoms with Crippen molar-refractivity contribution in [3.05, 3.63) is 54.3 Å². The number of hydrogen-bond donors (Lipinski definition) is 2. The molecule has 1 heterocycles. The highest BCUT2D eigenvalue weighted by atomic mass is 19.1. The lowest BCUT2D eigenvalue weighted by atomic mass is 10.0. The number of halogens is 1. The molecule has 0 aliphatic rings. The van der Waals surface area contributed by atoms with Gasteiger partial charge in [0.15, 0.2) is 5.82 Å². The highest BCUT2D eigenvalue weighted by molar-refractivity contribution is 5.99. The second-order valence-corrected chi connectivity index (χ2v) is 5.31. The molecule has 22 heavy (non-hydrogen) atoms. The van der Waals surface area contributed by atoms with Crippen molar-refractivity contribution in [3.63, 3.8) is 0 Å². The van der Waals surface area contributed by atoms with Crippen LogP contribution in [0, 0.1) is 5.82 Å². The number of nitrogens with two attached hydrogens (primary N) is 1. The van der Waals surface area contributed by atoms with Gasteiger partial charge >= 0.3 is 0 Å². The van der Waals surface area contributed by atoms with Crippen molar-refractivity contribution in [2.75, 3.05) is 11.9 Å². The number of aromatic nitrogens is 2. The van der Waals surface area contributed by atoms with Crippen LogP contribution in [0.3, 0.4) is 0 Å². The molecule has 1 unspecified atom stereocenters. The Morgan fingerprint density at radius 1 is 1.05 bits per heavy atom. The fourth-order valence-electron chi connectivity index (χ4n) is 2.31. The average Bonchev–Trinajstić information content (AvgIpc) is 2.53. The van der Waals surface area contributed by atoms with Crippen LogP contribution in [0.1, 0.15) is 6.92 Å². The van der Waals surface area contributed by atoms with E-state index in [1.165, 1.54) is 12.1 Å². The third-order valence-electron chi connectivity index (χ3n) is 3.40. The number of nitrogens with one attached hydrogen (secondary N) is 1. The number of benzene rings is 2. The molecule has 0 amide bonds. The summed E-state index contributed by atoms with van der Waals surface area (Å²) in [4.78, 5) is 0. The van der Waals surface area contributed by atoms with Crippen molar-refractivity contribution < 1.29 is 4.39 Å². The molecule has 0 saturated carbocycles. The van der Waals surface area contributed by atoms with Crippen LogP contribution in [0.15, 0.2) is 48.5 Å². The van der Waals surface area contributed by atoms with Crippen LogP contribution in [-0.4, -0.2) is 22.8 Å². The third kappa shape index (κ3) is 2.89. The van der Waals surface area contributed by atoms with Crippen LogP contribution in [0.25, 0.3) is 22.0 Å². The van der Waals surface area contributed by atoms with Gasteiger partial charge in [-0.05, 0) is 31.2 Å². The van der Waals surface area contributed by atoms with Gasteiger partial charge in [0.1, 0.15) is 11.5 Å². The van der Waals surface area contributed by atoms with Crippen LogP contribution in [0.2, 0.25) is 0 Å². The molecule has 2 aromatic carbocycles. The largest absolute Gasteiger partial charge is 0.367 e. The van der Waals surface area contributed by atoms with E-state index in [4.69, 9.17) is 5.73 Å². The lowest BCUT2D eigenvalue weighted by Crippen LogP contribution is -2.25. The zero-order valence-electron chi connectivity index (χ0n) is 12.3. The molecular weight excluding hydrogens is 279 g/mol. The molecule has 0 fully saturated rings. The molecule has 0 aliphatic heterocycles. The molecule has 0 bridgehead atoms. The van der Waals surface area contributed by atoms with Crippen LogP contribution < -0.4 is 11.1 Å². The molecule has 3 aromatic rings. The summed E-state index contributed by atoms with van der Waals surface area (Å²) >= 11 is 0. The number of rotatable bonds is 4. The summed E-state index contributed by atoms with van der Waals surface area (Å²) in [6, 6.07) is 14.2. The molecule has 1 aromatic heterocycles. The second kappa shape index (κ2) is 6.07. The van der Waals surface area contributed by atoms with Gasteiger partial charge in [0.05, 0.1) is 0 Å². The Labute approximate surface area is 128 Å². The van der Waals surface area contributed by atoms with E-state index in [0.29, 0.717) is 12.4 Å². The minimum Gasteiger partial charge on any atom is -0.367 e. The smallest absolute Gasteiger partial charge is 0.156 e. The molecule has 3 rings (SSSR count). The summed E-state index contributed by atoms with van der Waals surface area (Å²) in [6.45, 7) is 2.55. The Morgan fingerprint density at radius 3 is 2.41 bits per heavy atom. The lowest BCUT2D eigenvalue weighted by molar-refractivity contribution is 0.628. The van der Waals surface area contributed by atoms with Gasteiger partial charge in [0.25, 0.3) is 0 Å². The molecule has 1 atom stereocenters. The summed E-state index contributed by atoms with van der Waals surface area (Å²) in [5.41, 5.74) is 7.35. The molecule has 4 nitrogen and oxygen atoms in total. The van der Waals surface area contributed by atoms with E-state index >= 15 is 0 Å². The van der Waals surface area contributed by atoms with Gasteiger partial charge in [-0.1, -0.05) is 24.3 Å². The Kier molecular flexibility index (Phi) is 3.98. The normalized spacial score (nSPS) is 12.3. The number of hydrogen-bond acceptors (Lipinski definition) is 4. The molecule has 5 heteroatoms. The predicted molar refractivity (Wildman–Crippen MR) is 87.1 cm³/mol. The van der Waals surface area contributed by atoms with E-state index < -0.39 is 0 Å². The molecule has 0 radical (unpaired) electrons. The Balaban J connectivity index is 2.09. The molecule has 0 aliphatic carbocycles. The highest BCUT2D eigenvalue weighted by Gasteiger charge is 2.11. The Morgan fingerprint density at radius 2 is 1.73 bits per heavy atom. The first-order valence-corrected chi connectivity index (χ1v) is 7.16. The van der Waals surface area contributed by atoms with E-state index in [0.717, 1.165) is 22.0 Å². The number of anilines is 1. The summed E-state index contributed by atoms with van der Waals surface area (Å²) in [7, 11) is 0. The third-order valence-corrected chi connectivity index (χ3v) is 3.40. The lowest BCUT2D eigenvalue weighted by Gasteiger charge is -2.12. The van der Waals surface area contributed by atoms with E-state index in [9.17, 15) is 4.39 Å². The summed E-state index contributed by atoms with van der Waals surface area (Å²) < 4.78 is 13.1. The Bertz CT molecular complexity index is 784. The van der Waals surface area contributed by atoms with E-state index in [-0.39, 0.29) is 11.9 Å². The monoisotopic (exact) mass is 296 g/mol. The van der Waals surface area contributed by atoms with Gasteiger partial charge < -0.3 is 11.1 Å². The standard InChI is InChI=1S/C17H17FN4/c1-11(19)10-20-17-15-5-3-2-4-14(15)16(21-22-17)12-6-8-13(18)9-7-12/h2-9,11H,10,19H2,1H3,(H,20,22). The minimum atomic E-state index is -0.267. The van der Waals surface area contributed by atoms with Gasteiger partial charge in [-0.25, -0.2) is 4.39 Å². The topological polar surface area (TPSA) is 63.8 Å².